The van der Waals surface area contributed by atoms with E-state index in [1.165, 1.54) is 12.1 Å². The lowest BCUT2D eigenvalue weighted by molar-refractivity contribution is -0.137. The molecule has 0 aliphatic rings. The van der Waals surface area contributed by atoms with Crippen molar-refractivity contribution in [1.82, 2.24) is 0 Å². The molecule has 1 nitrogen and oxygen atoms in total. The van der Waals surface area contributed by atoms with Crippen LogP contribution < -0.4 is 0 Å². The van der Waals surface area contributed by atoms with Gasteiger partial charge < -0.3 is 5.11 Å². The first-order valence-corrected chi connectivity index (χ1v) is 7.87. The third kappa shape index (κ3) is 4.83. The topological polar surface area (TPSA) is 20.2 Å². The molecule has 0 aromatic heterocycles. The van der Waals surface area contributed by atoms with E-state index in [1.807, 2.05) is 24.3 Å². The molecule has 0 aliphatic carbocycles. The number of hydrogen-bond acceptors (Lipinski definition) is 1. The average molecular weight is 322 g/mol. The summed E-state index contributed by atoms with van der Waals surface area (Å²) in [5.41, 5.74) is 1.76. The predicted octanol–water partition coefficient (Wildman–Crippen LogP) is 5.99. The van der Waals surface area contributed by atoms with Crippen LogP contribution in [0.4, 0.5) is 13.2 Å². The zero-order valence-corrected chi connectivity index (χ0v) is 13.1. The van der Waals surface area contributed by atoms with Crippen molar-refractivity contribution in [2.24, 2.45) is 0 Å². The van der Waals surface area contributed by atoms with Crippen LogP contribution in [0.5, 0.6) is 0 Å². The van der Waals surface area contributed by atoms with Gasteiger partial charge in [0.25, 0.3) is 0 Å². The van der Waals surface area contributed by atoms with Gasteiger partial charge in [0.1, 0.15) is 0 Å². The third-order valence-electron chi connectivity index (χ3n) is 3.92. The minimum Gasteiger partial charge on any atom is -0.388 e. The van der Waals surface area contributed by atoms with Crippen molar-refractivity contribution in [3.63, 3.8) is 0 Å². The van der Waals surface area contributed by atoms with Gasteiger partial charge in [0.2, 0.25) is 0 Å². The van der Waals surface area contributed by atoms with Gasteiger partial charge in [-0.15, -0.1) is 0 Å². The highest BCUT2D eigenvalue weighted by atomic mass is 19.4. The van der Waals surface area contributed by atoms with Crippen molar-refractivity contribution in [2.75, 3.05) is 0 Å². The number of rotatable bonds is 6. The highest BCUT2D eigenvalue weighted by Crippen LogP contribution is 2.31. The fraction of sp³-hybridized carbons (Fsp3) is 0.368. The second-order valence-corrected chi connectivity index (χ2v) is 5.71. The maximum Gasteiger partial charge on any atom is 0.416 e. The molecule has 0 spiro atoms. The van der Waals surface area contributed by atoms with Crippen LogP contribution in [0.1, 0.15) is 49.8 Å². The van der Waals surface area contributed by atoms with Crippen molar-refractivity contribution < 1.29 is 18.3 Å². The number of aliphatic hydroxyl groups excluding tert-OH is 1. The standard InChI is InChI=1S/C19H21F3O/c1-2-3-4-5-18(23)16-8-6-14(7-9-16)15-10-12-17(13-11-15)19(20,21)22/h6-13,18,23H,2-5H2,1H3. The molecule has 124 valence electrons. The molecule has 23 heavy (non-hydrogen) atoms. The van der Waals surface area contributed by atoms with Gasteiger partial charge in [-0.25, -0.2) is 0 Å². The SMILES string of the molecule is CCCCCC(O)c1ccc(-c2ccc(C(F)(F)F)cc2)cc1. The molecule has 0 bridgehead atoms. The van der Waals surface area contributed by atoms with E-state index >= 15 is 0 Å². The Morgan fingerprint density at radius 3 is 1.87 bits per heavy atom. The van der Waals surface area contributed by atoms with E-state index in [4.69, 9.17) is 0 Å². The summed E-state index contributed by atoms with van der Waals surface area (Å²) in [6.07, 6.45) is -0.875. The monoisotopic (exact) mass is 322 g/mol. The molecule has 4 heteroatoms. The van der Waals surface area contributed by atoms with Gasteiger partial charge in [-0.2, -0.15) is 13.2 Å². The fourth-order valence-electron chi connectivity index (χ4n) is 2.50. The van der Waals surface area contributed by atoms with E-state index in [1.54, 1.807) is 0 Å². The first kappa shape index (κ1) is 17.5. The van der Waals surface area contributed by atoms with E-state index in [0.29, 0.717) is 0 Å². The Balaban J connectivity index is 2.07. The van der Waals surface area contributed by atoms with Crippen molar-refractivity contribution in [3.05, 3.63) is 59.7 Å². The van der Waals surface area contributed by atoms with E-state index in [2.05, 4.69) is 6.92 Å². The summed E-state index contributed by atoms with van der Waals surface area (Å²) in [5, 5.41) is 10.1. The lowest BCUT2D eigenvalue weighted by atomic mass is 9.98. The Morgan fingerprint density at radius 1 is 0.870 bits per heavy atom. The summed E-state index contributed by atoms with van der Waals surface area (Å²) in [4.78, 5) is 0. The number of hydrogen-bond donors (Lipinski definition) is 1. The molecular formula is C19H21F3O. The van der Waals surface area contributed by atoms with Gasteiger partial charge in [-0.05, 0) is 35.2 Å². The van der Waals surface area contributed by atoms with Crippen LogP contribution in [0, 0.1) is 0 Å². The molecule has 0 radical (unpaired) electrons. The van der Waals surface area contributed by atoms with Crippen LogP contribution in [0.2, 0.25) is 0 Å². The van der Waals surface area contributed by atoms with E-state index in [0.717, 1.165) is 54.5 Å². The fourth-order valence-corrected chi connectivity index (χ4v) is 2.50. The number of benzene rings is 2. The predicted molar refractivity (Wildman–Crippen MR) is 86.0 cm³/mol. The Morgan fingerprint density at radius 2 is 1.39 bits per heavy atom. The summed E-state index contributed by atoms with van der Waals surface area (Å²) in [7, 11) is 0. The number of aliphatic hydroxyl groups is 1. The van der Waals surface area contributed by atoms with Gasteiger partial charge in [0.05, 0.1) is 11.7 Å². The quantitative estimate of drug-likeness (QED) is 0.648. The number of halogens is 3. The second-order valence-electron chi connectivity index (χ2n) is 5.71. The summed E-state index contributed by atoms with van der Waals surface area (Å²) in [5.74, 6) is 0. The van der Waals surface area contributed by atoms with Crippen LogP contribution in [-0.2, 0) is 6.18 Å². The van der Waals surface area contributed by atoms with Crippen LogP contribution in [-0.4, -0.2) is 5.11 Å². The maximum atomic E-state index is 12.6. The molecule has 1 unspecified atom stereocenters. The summed E-state index contributed by atoms with van der Waals surface area (Å²) < 4.78 is 37.7. The first-order chi connectivity index (χ1) is 10.9. The minimum atomic E-state index is -4.31. The largest absolute Gasteiger partial charge is 0.416 e. The molecule has 0 fully saturated rings. The molecule has 0 amide bonds. The van der Waals surface area contributed by atoms with Gasteiger partial charge in [0, 0.05) is 0 Å². The van der Waals surface area contributed by atoms with Crippen molar-refractivity contribution >= 4 is 0 Å². The van der Waals surface area contributed by atoms with Gasteiger partial charge >= 0.3 is 6.18 Å². The molecular weight excluding hydrogens is 301 g/mol. The van der Waals surface area contributed by atoms with Crippen molar-refractivity contribution in [2.45, 2.75) is 44.9 Å². The Kier molecular flexibility index (Phi) is 5.83. The highest BCUT2D eigenvalue weighted by Gasteiger charge is 2.29. The molecule has 0 heterocycles. The van der Waals surface area contributed by atoms with E-state index in [-0.39, 0.29) is 0 Å². The van der Waals surface area contributed by atoms with Crippen LogP contribution in [0.25, 0.3) is 11.1 Å². The summed E-state index contributed by atoms with van der Waals surface area (Å²) in [6.45, 7) is 2.12. The smallest absolute Gasteiger partial charge is 0.388 e. The highest BCUT2D eigenvalue weighted by molar-refractivity contribution is 5.64. The lowest BCUT2D eigenvalue weighted by Crippen LogP contribution is -2.04. The normalized spacial score (nSPS) is 13.1. The molecule has 2 aromatic rings. The summed E-state index contributed by atoms with van der Waals surface area (Å²) >= 11 is 0. The van der Waals surface area contributed by atoms with Crippen molar-refractivity contribution in [1.29, 1.82) is 0 Å². The van der Waals surface area contributed by atoms with Gasteiger partial charge in [-0.1, -0.05) is 62.6 Å². The molecule has 1 N–H and O–H groups in total. The zero-order valence-electron chi connectivity index (χ0n) is 13.1. The summed E-state index contributed by atoms with van der Waals surface area (Å²) in [6, 6.07) is 12.5. The lowest BCUT2D eigenvalue weighted by Gasteiger charge is -2.12. The van der Waals surface area contributed by atoms with Crippen LogP contribution in [0.3, 0.4) is 0 Å². The minimum absolute atomic E-state index is 0.483. The second kappa shape index (κ2) is 7.64. The van der Waals surface area contributed by atoms with Crippen LogP contribution >= 0.6 is 0 Å². The molecule has 0 aliphatic heterocycles. The first-order valence-electron chi connectivity index (χ1n) is 7.87. The molecule has 2 aromatic carbocycles. The Labute approximate surface area is 134 Å². The molecule has 1 atom stereocenters. The number of alkyl halides is 3. The van der Waals surface area contributed by atoms with E-state index < -0.39 is 17.8 Å². The molecule has 0 saturated heterocycles. The van der Waals surface area contributed by atoms with Gasteiger partial charge in [0.15, 0.2) is 0 Å². The molecule has 2 rings (SSSR count). The third-order valence-corrected chi connectivity index (χ3v) is 3.92. The molecule has 0 saturated carbocycles. The zero-order chi connectivity index (χ0) is 16.9. The number of unbranched alkanes of at least 4 members (excludes halogenated alkanes) is 2. The van der Waals surface area contributed by atoms with E-state index in [9.17, 15) is 18.3 Å². The van der Waals surface area contributed by atoms with Gasteiger partial charge in [-0.3, -0.25) is 0 Å². The average Bonchev–Trinajstić information content (AvgIpc) is 2.54. The Hall–Kier alpha value is -1.81. The van der Waals surface area contributed by atoms with Crippen LogP contribution in [0.15, 0.2) is 48.5 Å². The maximum absolute atomic E-state index is 12.6. The Bertz CT molecular complexity index is 600. The van der Waals surface area contributed by atoms with Crippen molar-refractivity contribution in [3.8, 4) is 11.1 Å².